The first-order valence-electron chi connectivity index (χ1n) is 7.42. The van der Waals surface area contributed by atoms with E-state index in [0.717, 1.165) is 30.5 Å². The molecule has 1 aliphatic heterocycles. The summed E-state index contributed by atoms with van der Waals surface area (Å²) >= 11 is 0. The smallest absolute Gasteiger partial charge is 0.328 e. The van der Waals surface area contributed by atoms with Gasteiger partial charge in [0.05, 0.1) is 0 Å². The first kappa shape index (κ1) is 15.5. The van der Waals surface area contributed by atoms with E-state index in [-0.39, 0.29) is 0 Å². The van der Waals surface area contributed by atoms with Crippen molar-refractivity contribution in [1.29, 1.82) is 0 Å². The maximum Gasteiger partial charge on any atom is 0.328 e. The zero-order chi connectivity index (χ0) is 15.2. The zero-order valence-electron chi connectivity index (χ0n) is 12.7. The van der Waals surface area contributed by atoms with Crippen LogP contribution in [-0.2, 0) is 4.79 Å². The molecule has 1 atom stereocenters. The van der Waals surface area contributed by atoms with Crippen LogP contribution in [0.5, 0.6) is 0 Å². The Labute approximate surface area is 125 Å². The quantitative estimate of drug-likeness (QED) is 0.813. The van der Waals surface area contributed by atoms with Crippen LogP contribution in [-0.4, -0.2) is 53.7 Å². The van der Waals surface area contributed by atoms with Gasteiger partial charge in [0, 0.05) is 31.9 Å². The maximum absolute atomic E-state index is 10.5. The molecule has 1 saturated heterocycles. The van der Waals surface area contributed by atoms with Crippen LogP contribution in [0.3, 0.4) is 0 Å². The van der Waals surface area contributed by atoms with Crippen LogP contribution in [0, 0.1) is 0 Å². The van der Waals surface area contributed by atoms with Gasteiger partial charge in [0.1, 0.15) is 5.82 Å². The van der Waals surface area contributed by atoms with E-state index in [1.807, 2.05) is 12.1 Å². The first-order chi connectivity index (χ1) is 10.1. The second kappa shape index (κ2) is 7.22. The number of nitrogens with zero attached hydrogens (tertiary/aromatic N) is 3. The second-order valence-corrected chi connectivity index (χ2v) is 5.43. The third-order valence-electron chi connectivity index (χ3n) is 3.97. The van der Waals surface area contributed by atoms with Crippen molar-refractivity contribution in [3.8, 4) is 0 Å². The number of carboxylic acid groups (broad SMARTS) is 1. The lowest BCUT2D eigenvalue weighted by Crippen LogP contribution is -2.39. The van der Waals surface area contributed by atoms with E-state index in [4.69, 9.17) is 5.11 Å². The number of hydrogen-bond donors (Lipinski definition) is 1. The van der Waals surface area contributed by atoms with E-state index in [0.29, 0.717) is 6.04 Å². The van der Waals surface area contributed by atoms with Crippen molar-refractivity contribution in [3.05, 3.63) is 30.0 Å². The molecular weight excluding hydrogens is 266 g/mol. The third kappa shape index (κ3) is 4.29. The molecule has 0 saturated carbocycles. The van der Waals surface area contributed by atoms with Crippen molar-refractivity contribution in [2.75, 3.05) is 31.6 Å². The van der Waals surface area contributed by atoms with Crippen LogP contribution >= 0.6 is 0 Å². The standard InChI is InChI=1S/C16H23N3O2/c1-3-19-10-4-5-14(19)12-18(2)15-8-6-13(11-17-15)7-9-16(20)21/h6-9,11,14H,3-5,10,12H2,1-2H3,(H,20,21)/b9-7+. The maximum atomic E-state index is 10.5. The predicted octanol–water partition coefficient (Wildman–Crippen LogP) is 2.10. The first-order valence-corrected chi connectivity index (χ1v) is 7.42. The van der Waals surface area contributed by atoms with E-state index in [2.05, 4.69) is 28.8 Å². The van der Waals surface area contributed by atoms with Gasteiger partial charge in [-0.25, -0.2) is 9.78 Å². The van der Waals surface area contributed by atoms with Gasteiger partial charge in [-0.05, 0) is 49.7 Å². The van der Waals surface area contributed by atoms with Crippen molar-refractivity contribution in [1.82, 2.24) is 9.88 Å². The number of carbonyl (C=O) groups is 1. The van der Waals surface area contributed by atoms with Crippen LogP contribution in [0.1, 0.15) is 25.3 Å². The molecule has 0 bridgehead atoms. The van der Waals surface area contributed by atoms with Gasteiger partial charge in [0.15, 0.2) is 0 Å². The van der Waals surface area contributed by atoms with Crippen LogP contribution in [0.2, 0.25) is 0 Å². The summed E-state index contributed by atoms with van der Waals surface area (Å²) in [4.78, 5) is 19.6. The minimum atomic E-state index is -0.947. The highest BCUT2D eigenvalue weighted by Gasteiger charge is 2.24. The second-order valence-electron chi connectivity index (χ2n) is 5.43. The van der Waals surface area contributed by atoms with Gasteiger partial charge in [-0.2, -0.15) is 0 Å². The fourth-order valence-corrected chi connectivity index (χ4v) is 2.82. The number of anilines is 1. The summed E-state index contributed by atoms with van der Waals surface area (Å²) in [6.45, 7) is 5.48. The van der Waals surface area contributed by atoms with Crippen molar-refractivity contribution >= 4 is 17.9 Å². The highest BCUT2D eigenvalue weighted by Crippen LogP contribution is 2.19. The molecule has 1 aromatic rings. The Morgan fingerprint density at radius 2 is 2.38 bits per heavy atom. The van der Waals surface area contributed by atoms with Gasteiger partial charge in [-0.3, -0.25) is 4.90 Å². The molecule has 5 heteroatoms. The summed E-state index contributed by atoms with van der Waals surface area (Å²) in [5.41, 5.74) is 0.797. The fraction of sp³-hybridized carbons (Fsp3) is 0.500. The minimum absolute atomic E-state index is 0.605. The SMILES string of the molecule is CCN1CCCC1CN(C)c1ccc(/C=C/C(=O)O)cn1. The molecule has 0 aliphatic carbocycles. The largest absolute Gasteiger partial charge is 0.478 e. The number of aromatic nitrogens is 1. The van der Waals surface area contributed by atoms with Gasteiger partial charge in [-0.15, -0.1) is 0 Å². The lowest BCUT2D eigenvalue weighted by molar-refractivity contribution is -0.131. The molecule has 1 unspecified atom stereocenters. The van der Waals surface area contributed by atoms with Crippen molar-refractivity contribution in [2.24, 2.45) is 0 Å². The number of hydrogen-bond acceptors (Lipinski definition) is 4. The van der Waals surface area contributed by atoms with E-state index < -0.39 is 5.97 Å². The van der Waals surface area contributed by atoms with Gasteiger partial charge in [0.2, 0.25) is 0 Å². The Morgan fingerprint density at radius 1 is 1.57 bits per heavy atom. The van der Waals surface area contributed by atoms with Crippen molar-refractivity contribution < 1.29 is 9.90 Å². The highest BCUT2D eigenvalue weighted by atomic mass is 16.4. The van der Waals surface area contributed by atoms with Crippen LogP contribution in [0.15, 0.2) is 24.4 Å². The Morgan fingerprint density at radius 3 is 3.00 bits per heavy atom. The van der Waals surface area contributed by atoms with Crippen molar-refractivity contribution in [2.45, 2.75) is 25.8 Å². The number of likely N-dealkylation sites (tertiary alicyclic amines) is 1. The average molecular weight is 289 g/mol. The van der Waals surface area contributed by atoms with Gasteiger partial charge in [0.25, 0.3) is 0 Å². The molecular formula is C16H23N3O2. The summed E-state index contributed by atoms with van der Waals surface area (Å²) in [5.74, 6) is -0.0255. The molecule has 5 nitrogen and oxygen atoms in total. The van der Waals surface area contributed by atoms with E-state index >= 15 is 0 Å². The molecule has 2 rings (SSSR count). The Balaban J connectivity index is 1.96. The van der Waals surface area contributed by atoms with E-state index in [9.17, 15) is 4.79 Å². The molecule has 2 heterocycles. The molecule has 0 aromatic carbocycles. The van der Waals surface area contributed by atoms with Crippen LogP contribution < -0.4 is 4.90 Å². The van der Waals surface area contributed by atoms with Gasteiger partial charge in [-0.1, -0.05) is 6.92 Å². The lowest BCUT2D eigenvalue weighted by Gasteiger charge is -2.28. The predicted molar refractivity (Wildman–Crippen MR) is 84.4 cm³/mol. The monoisotopic (exact) mass is 289 g/mol. The molecule has 1 aromatic heterocycles. The van der Waals surface area contributed by atoms with Crippen LogP contribution in [0.25, 0.3) is 6.08 Å². The molecule has 114 valence electrons. The Hall–Kier alpha value is -1.88. The molecule has 1 N–H and O–H groups in total. The lowest BCUT2D eigenvalue weighted by atomic mass is 10.2. The summed E-state index contributed by atoms with van der Waals surface area (Å²) in [6.07, 6.45) is 6.90. The third-order valence-corrected chi connectivity index (χ3v) is 3.97. The fourth-order valence-electron chi connectivity index (χ4n) is 2.82. The normalized spacial score (nSPS) is 19.2. The van der Waals surface area contributed by atoms with Gasteiger partial charge >= 0.3 is 5.97 Å². The highest BCUT2D eigenvalue weighted by molar-refractivity contribution is 5.85. The summed E-state index contributed by atoms with van der Waals surface area (Å²) in [6, 6.07) is 4.44. The number of carboxylic acids is 1. The van der Waals surface area contributed by atoms with E-state index in [1.54, 1.807) is 12.3 Å². The van der Waals surface area contributed by atoms with Crippen LogP contribution in [0.4, 0.5) is 5.82 Å². The number of rotatable bonds is 6. The Kier molecular flexibility index (Phi) is 5.33. The summed E-state index contributed by atoms with van der Waals surface area (Å²) in [7, 11) is 2.06. The molecule has 1 fully saturated rings. The number of pyridine rings is 1. The average Bonchev–Trinajstić information content (AvgIpc) is 2.92. The topological polar surface area (TPSA) is 56.7 Å². The molecule has 21 heavy (non-hydrogen) atoms. The van der Waals surface area contributed by atoms with Crippen molar-refractivity contribution in [3.63, 3.8) is 0 Å². The minimum Gasteiger partial charge on any atom is -0.478 e. The zero-order valence-corrected chi connectivity index (χ0v) is 12.7. The molecule has 0 spiro atoms. The molecule has 1 aliphatic rings. The Bertz CT molecular complexity index is 499. The van der Waals surface area contributed by atoms with E-state index in [1.165, 1.54) is 19.4 Å². The number of aliphatic carboxylic acids is 1. The van der Waals surface area contributed by atoms with Gasteiger partial charge < -0.3 is 10.0 Å². The molecule has 0 radical (unpaired) electrons. The summed E-state index contributed by atoms with van der Waals surface area (Å²) < 4.78 is 0. The number of likely N-dealkylation sites (N-methyl/N-ethyl adjacent to an activating group) is 2. The summed E-state index contributed by atoms with van der Waals surface area (Å²) in [5, 5.41) is 8.61. The molecule has 0 amide bonds.